The number of ether oxygens (including phenoxy) is 1. The highest BCUT2D eigenvalue weighted by atomic mass is 79.9. The summed E-state index contributed by atoms with van der Waals surface area (Å²) in [4.78, 5) is 35.5. The number of nitrogens with one attached hydrogen (secondary N) is 2. The Balaban J connectivity index is 1.72. The highest BCUT2D eigenvalue weighted by Crippen LogP contribution is 2.21. The number of hydrogen-bond acceptors (Lipinski definition) is 4. The van der Waals surface area contributed by atoms with Crippen LogP contribution >= 0.6 is 15.9 Å². The van der Waals surface area contributed by atoms with Crippen LogP contribution in [-0.4, -0.2) is 24.4 Å². The number of hydrogen-bond donors (Lipinski definition) is 2. The Labute approximate surface area is 166 Å². The summed E-state index contributed by atoms with van der Waals surface area (Å²) >= 11 is 3.39. The van der Waals surface area contributed by atoms with Crippen LogP contribution in [-0.2, 0) is 25.5 Å². The minimum atomic E-state index is -0.597. The summed E-state index contributed by atoms with van der Waals surface area (Å²) in [5, 5.41) is 5.41. The van der Waals surface area contributed by atoms with Gasteiger partial charge >= 0.3 is 5.97 Å². The second kappa shape index (κ2) is 10.5. The Morgan fingerprint density at radius 2 is 1.70 bits per heavy atom. The molecule has 6 nitrogen and oxygen atoms in total. The van der Waals surface area contributed by atoms with E-state index in [4.69, 9.17) is 4.74 Å². The first kappa shape index (κ1) is 20.6. The molecule has 7 heteroatoms. The fraction of sp³-hybridized carbons (Fsp3) is 0.250. The Morgan fingerprint density at radius 1 is 0.963 bits per heavy atom. The minimum Gasteiger partial charge on any atom is -0.456 e. The van der Waals surface area contributed by atoms with E-state index < -0.39 is 18.5 Å². The number of halogens is 1. The first-order valence-corrected chi connectivity index (χ1v) is 9.36. The fourth-order valence-electron chi connectivity index (χ4n) is 2.34. The molecular weight excluding hydrogens is 412 g/mol. The predicted octanol–water partition coefficient (Wildman–Crippen LogP) is 3.91. The molecule has 0 fully saturated rings. The van der Waals surface area contributed by atoms with E-state index in [1.54, 1.807) is 30.3 Å². The number of rotatable bonds is 8. The molecule has 2 amide bonds. The molecule has 0 aliphatic heterocycles. The summed E-state index contributed by atoms with van der Waals surface area (Å²) in [6, 6.07) is 14.5. The van der Waals surface area contributed by atoms with E-state index in [0.29, 0.717) is 11.4 Å². The average Bonchev–Trinajstić information content (AvgIpc) is 2.67. The van der Waals surface area contributed by atoms with Crippen LogP contribution in [0.25, 0.3) is 0 Å². The minimum absolute atomic E-state index is 0.0119. The van der Waals surface area contributed by atoms with Gasteiger partial charge in [0.2, 0.25) is 5.91 Å². The van der Waals surface area contributed by atoms with Crippen molar-refractivity contribution in [2.24, 2.45) is 0 Å². The summed E-state index contributed by atoms with van der Waals surface area (Å²) < 4.78 is 5.86. The lowest BCUT2D eigenvalue weighted by Gasteiger charge is -2.11. The van der Waals surface area contributed by atoms with Crippen LogP contribution in [0, 0.1) is 0 Å². The molecule has 0 spiro atoms. The first-order chi connectivity index (χ1) is 13.0. The van der Waals surface area contributed by atoms with Crippen LogP contribution in [0.5, 0.6) is 0 Å². The van der Waals surface area contributed by atoms with Gasteiger partial charge in [-0.2, -0.15) is 0 Å². The van der Waals surface area contributed by atoms with Crippen molar-refractivity contribution in [1.82, 2.24) is 0 Å². The van der Waals surface area contributed by atoms with E-state index >= 15 is 0 Å². The third kappa shape index (κ3) is 7.22. The maximum atomic E-state index is 12.0. The summed E-state index contributed by atoms with van der Waals surface area (Å²) in [5.74, 6) is -1.31. The molecule has 0 aromatic heterocycles. The van der Waals surface area contributed by atoms with Gasteiger partial charge in [0, 0.05) is 22.3 Å². The quantitative estimate of drug-likeness (QED) is 0.619. The van der Waals surface area contributed by atoms with Gasteiger partial charge in [0.15, 0.2) is 6.61 Å². The third-order valence-electron chi connectivity index (χ3n) is 3.70. The number of carbonyl (C=O) groups excluding carboxylic acids is 3. The van der Waals surface area contributed by atoms with Gasteiger partial charge in [0.1, 0.15) is 0 Å². The first-order valence-electron chi connectivity index (χ1n) is 8.56. The SMILES string of the molecule is CCc1cc(Br)ccc1NC(=O)COC(=O)CCC(=O)Nc1ccccc1. The summed E-state index contributed by atoms with van der Waals surface area (Å²) in [7, 11) is 0. The van der Waals surface area contributed by atoms with Crippen molar-refractivity contribution in [3.63, 3.8) is 0 Å². The molecular formula is C20H21BrN2O4. The van der Waals surface area contributed by atoms with Crippen molar-refractivity contribution in [2.45, 2.75) is 26.2 Å². The van der Waals surface area contributed by atoms with Gasteiger partial charge in [-0.25, -0.2) is 0 Å². The van der Waals surface area contributed by atoms with E-state index in [1.807, 2.05) is 25.1 Å². The lowest BCUT2D eigenvalue weighted by molar-refractivity contribution is -0.147. The lowest BCUT2D eigenvalue weighted by Crippen LogP contribution is -2.22. The fourth-order valence-corrected chi connectivity index (χ4v) is 2.75. The largest absolute Gasteiger partial charge is 0.456 e. The maximum Gasteiger partial charge on any atom is 0.306 e. The average molecular weight is 433 g/mol. The van der Waals surface area contributed by atoms with Gasteiger partial charge in [-0.3, -0.25) is 14.4 Å². The number of esters is 1. The van der Waals surface area contributed by atoms with Crippen LogP contribution in [0.1, 0.15) is 25.3 Å². The van der Waals surface area contributed by atoms with Crippen LogP contribution < -0.4 is 10.6 Å². The van der Waals surface area contributed by atoms with Gasteiger partial charge in [-0.05, 0) is 42.3 Å². The van der Waals surface area contributed by atoms with Crippen molar-refractivity contribution in [1.29, 1.82) is 0 Å². The van der Waals surface area contributed by atoms with Gasteiger partial charge in [-0.1, -0.05) is 41.1 Å². The van der Waals surface area contributed by atoms with E-state index in [2.05, 4.69) is 26.6 Å². The van der Waals surface area contributed by atoms with E-state index in [-0.39, 0.29) is 18.7 Å². The van der Waals surface area contributed by atoms with Crippen LogP contribution in [0.2, 0.25) is 0 Å². The Kier molecular flexibility index (Phi) is 8.00. The third-order valence-corrected chi connectivity index (χ3v) is 4.19. The van der Waals surface area contributed by atoms with Crippen LogP contribution in [0.15, 0.2) is 53.0 Å². The molecule has 142 valence electrons. The van der Waals surface area contributed by atoms with Crippen molar-refractivity contribution in [3.05, 3.63) is 58.6 Å². The zero-order chi connectivity index (χ0) is 19.6. The molecule has 0 aliphatic rings. The van der Waals surface area contributed by atoms with Crippen molar-refractivity contribution in [2.75, 3.05) is 17.2 Å². The highest BCUT2D eigenvalue weighted by Gasteiger charge is 2.12. The molecule has 2 aromatic carbocycles. The normalized spacial score (nSPS) is 10.1. The highest BCUT2D eigenvalue weighted by molar-refractivity contribution is 9.10. The molecule has 2 aromatic rings. The van der Waals surface area contributed by atoms with Gasteiger partial charge in [-0.15, -0.1) is 0 Å². The molecule has 0 atom stereocenters. The molecule has 27 heavy (non-hydrogen) atoms. The van der Waals surface area contributed by atoms with Crippen molar-refractivity contribution >= 4 is 45.1 Å². The second-order valence-electron chi connectivity index (χ2n) is 5.78. The van der Waals surface area contributed by atoms with E-state index in [9.17, 15) is 14.4 Å². The van der Waals surface area contributed by atoms with Gasteiger partial charge < -0.3 is 15.4 Å². The lowest BCUT2D eigenvalue weighted by atomic mass is 10.1. The molecule has 0 unspecified atom stereocenters. The van der Waals surface area contributed by atoms with E-state index in [1.165, 1.54) is 0 Å². The monoisotopic (exact) mass is 432 g/mol. The number of para-hydroxylation sites is 1. The number of amides is 2. The molecule has 0 saturated heterocycles. The van der Waals surface area contributed by atoms with Crippen molar-refractivity contribution < 1.29 is 19.1 Å². The molecule has 2 rings (SSSR count). The smallest absolute Gasteiger partial charge is 0.306 e. The number of benzene rings is 2. The van der Waals surface area contributed by atoms with Gasteiger partial charge in [0.25, 0.3) is 5.91 Å². The number of carbonyl (C=O) groups is 3. The summed E-state index contributed by atoms with van der Waals surface area (Å²) in [6.07, 6.45) is 0.651. The Morgan fingerprint density at radius 3 is 2.41 bits per heavy atom. The zero-order valence-corrected chi connectivity index (χ0v) is 16.5. The Bertz CT molecular complexity index is 809. The topological polar surface area (TPSA) is 84.5 Å². The molecule has 0 bridgehead atoms. The number of anilines is 2. The van der Waals surface area contributed by atoms with E-state index in [0.717, 1.165) is 16.5 Å². The van der Waals surface area contributed by atoms with Crippen molar-refractivity contribution in [3.8, 4) is 0 Å². The molecule has 0 saturated carbocycles. The number of aryl methyl sites for hydroxylation is 1. The predicted molar refractivity (Wildman–Crippen MR) is 107 cm³/mol. The van der Waals surface area contributed by atoms with Crippen LogP contribution in [0.3, 0.4) is 0 Å². The maximum absolute atomic E-state index is 12.0. The molecule has 2 N–H and O–H groups in total. The summed E-state index contributed by atoms with van der Waals surface area (Å²) in [5.41, 5.74) is 2.32. The second-order valence-corrected chi connectivity index (χ2v) is 6.69. The molecule has 0 aliphatic carbocycles. The standard InChI is InChI=1S/C20H21BrN2O4/c1-2-14-12-15(21)8-9-17(14)23-19(25)13-27-20(26)11-10-18(24)22-16-6-4-3-5-7-16/h3-9,12H,2,10-11,13H2,1H3,(H,22,24)(H,23,25). The summed E-state index contributed by atoms with van der Waals surface area (Å²) in [6.45, 7) is 1.59. The zero-order valence-electron chi connectivity index (χ0n) is 15.0. The Hall–Kier alpha value is -2.67. The van der Waals surface area contributed by atoms with Crippen LogP contribution in [0.4, 0.5) is 11.4 Å². The molecule has 0 heterocycles. The molecule has 0 radical (unpaired) electrons. The van der Waals surface area contributed by atoms with Gasteiger partial charge in [0.05, 0.1) is 6.42 Å².